The van der Waals surface area contributed by atoms with Gasteiger partial charge in [-0.05, 0) is 37.0 Å². The van der Waals surface area contributed by atoms with Gasteiger partial charge in [-0.25, -0.2) is 0 Å². The Balaban J connectivity index is 0.00000107. The molecule has 1 aromatic rings. The molecule has 1 heterocycles. The van der Waals surface area contributed by atoms with Crippen LogP contribution < -0.4 is 20.1 Å². The number of ether oxygens (including phenoxy) is 3. The van der Waals surface area contributed by atoms with Crippen LogP contribution in [0.15, 0.2) is 18.2 Å². The first kappa shape index (κ1) is 23.9. The normalized spacial score (nSPS) is 20.8. The first-order valence-electron chi connectivity index (χ1n) is 9.66. The topological polar surface area (TPSA) is 160 Å². The minimum absolute atomic E-state index is 0.197. The summed E-state index contributed by atoms with van der Waals surface area (Å²) in [6.07, 6.45) is 0.531. The highest BCUT2D eigenvalue weighted by Gasteiger charge is 2.37. The number of rotatable bonds is 7. The molecule has 11 nitrogen and oxygen atoms in total. The van der Waals surface area contributed by atoms with E-state index in [-0.39, 0.29) is 44.5 Å². The van der Waals surface area contributed by atoms with Crippen molar-refractivity contribution in [3.8, 4) is 11.5 Å². The summed E-state index contributed by atoms with van der Waals surface area (Å²) in [5.41, 5.74) is 0.950. The van der Waals surface area contributed by atoms with Crippen molar-refractivity contribution in [3.63, 3.8) is 0 Å². The van der Waals surface area contributed by atoms with Crippen molar-refractivity contribution in [2.75, 3.05) is 20.4 Å². The van der Waals surface area contributed by atoms with Gasteiger partial charge in [-0.2, -0.15) is 0 Å². The molecule has 0 bridgehead atoms. The molecule has 1 saturated carbocycles. The average molecular weight is 438 g/mol. The molecule has 0 spiro atoms. The Labute approximate surface area is 178 Å². The lowest BCUT2D eigenvalue weighted by atomic mass is 10.1. The standard InChI is InChI=1S/C19H24N2O7.CH2O2/c1-26-18(24)9-20-19(25)12-7-13(14(22)8-12)21-17(23)5-3-11-2-4-15-16(6-11)28-10-27-15;2-1-3/h2,4,6,12-14,22H,3,5,7-10H2,1H3,(H,20,25)(H,21,23);1H,(H,2,3)/t12-,13+,14+;/m0./s1. The SMILES string of the molecule is COC(=O)CNC(=O)[C@@H]1C[C@@H](O)[C@H](NC(=O)CCc2ccc3c(c2)OCO3)C1.O=CO. The Morgan fingerprint density at radius 3 is 2.65 bits per heavy atom. The molecule has 170 valence electrons. The second kappa shape index (κ2) is 11.7. The van der Waals surface area contributed by atoms with Crippen LogP contribution in [-0.4, -0.2) is 67.1 Å². The number of aliphatic hydroxyl groups excluding tert-OH is 1. The van der Waals surface area contributed by atoms with Gasteiger partial charge < -0.3 is 35.1 Å². The third kappa shape index (κ3) is 7.14. The Morgan fingerprint density at radius 2 is 1.94 bits per heavy atom. The number of aliphatic hydroxyl groups is 1. The van der Waals surface area contributed by atoms with Crippen LogP contribution in [0.25, 0.3) is 0 Å². The van der Waals surface area contributed by atoms with Crippen LogP contribution >= 0.6 is 0 Å². The number of amides is 2. The number of nitrogens with one attached hydrogen (secondary N) is 2. The molecule has 0 saturated heterocycles. The van der Waals surface area contributed by atoms with E-state index < -0.39 is 24.0 Å². The van der Waals surface area contributed by atoms with Crippen molar-refractivity contribution in [1.82, 2.24) is 10.6 Å². The van der Waals surface area contributed by atoms with Crippen LogP contribution in [0.1, 0.15) is 24.8 Å². The summed E-state index contributed by atoms with van der Waals surface area (Å²) in [4.78, 5) is 43.8. The molecule has 3 atom stereocenters. The maximum atomic E-state index is 12.2. The van der Waals surface area contributed by atoms with E-state index >= 15 is 0 Å². The van der Waals surface area contributed by atoms with Crippen molar-refractivity contribution in [2.45, 2.75) is 37.8 Å². The summed E-state index contributed by atoms with van der Waals surface area (Å²) in [5, 5.41) is 22.3. The molecule has 1 aliphatic heterocycles. The van der Waals surface area contributed by atoms with Crippen LogP contribution in [0.4, 0.5) is 0 Å². The zero-order chi connectivity index (χ0) is 22.8. The van der Waals surface area contributed by atoms with Gasteiger partial charge in [-0.3, -0.25) is 19.2 Å². The largest absolute Gasteiger partial charge is 0.483 e. The molecule has 3 rings (SSSR count). The summed E-state index contributed by atoms with van der Waals surface area (Å²) in [6, 6.07) is 5.06. The molecular formula is C20H26N2O9. The van der Waals surface area contributed by atoms with Crippen molar-refractivity contribution in [3.05, 3.63) is 23.8 Å². The molecule has 11 heteroatoms. The van der Waals surface area contributed by atoms with Crippen LogP contribution in [-0.2, 0) is 30.3 Å². The third-order valence-electron chi connectivity index (χ3n) is 4.96. The fraction of sp³-hybridized carbons (Fsp3) is 0.500. The van der Waals surface area contributed by atoms with Gasteiger partial charge in [0.1, 0.15) is 6.54 Å². The molecule has 2 aliphatic rings. The number of carbonyl (C=O) groups is 4. The Bertz CT molecular complexity index is 799. The number of carbonyl (C=O) groups excluding carboxylic acids is 3. The van der Waals surface area contributed by atoms with Crippen molar-refractivity contribution in [2.24, 2.45) is 5.92 Å². The van der Waals surface area contributed by atoms with E-state index in [9.17, 15) is 19.5 Å². The summed E-state index contributed by atoms with van der Waals surface area (Å²) < 4.78 is 15.1. The van der Waals surface area contributed by atoms with E-state index in [0.29, 0.717) is 24.3 Å². The maximum absolute atomic E-state index is 12.2. The Kier molecular flexibility index (Phi) is 9.07. The molecule has 0 radical (unpaired) electrons. The zero-order valence-electron chi connectivity index (χ0n) is 17.0. The van der Waals surface area contributed by atoms with Gasteiger partial charge in [0, 0.05) is 12.3 Å². The van der Waals surface area contributed by atoms with E-state index in [0.717, 1.165) is 5.56 Å². The Morgan fingerprint density at radius 1 is 1.23 bits per heavy atom. The van der Waals surface area contributed by atoms with E-state index in [2.05, 4.69) is 15.4 Å². The average Bonchev–Trinajstić information content (AvgIpc) is 3.37. The zero-order valence-corrected chi connectivity index (χ0v) is 17.0. The van der Waals surface area contributed by atoms with E-state index in [1.807, 2.05) is 18.2 Å². The van der Waals surface area contributed by atoms with Gasteiger partial charge in [-0.1, -0.05) is 6.07 Å². The quantitative estimate of drug-likeness (QED) is 0.328. The maximum Gasteiger partial charge on any atom is 0.325 e. The fourth-order valence-corrected chi connectivity index (χ4v) is 3.39. The van der Waals surface area contributed by atoms with Crippen LogP contribution in [0.5, 0.6) is 11.5 Å². The van der Waals surface area contributed by atoms with E-state index in [4.69, 9.17) is 19.4 Å². The molecular weight excluding hydrogens is 412 g/mol. The smallest absolute Gasteiger partial charge is 0.325 e. The van der Waals surface area contributed by atoms with Gasteiger partial charge in [0.05, 0.1) is 19.3 Å². The van der Waals surface area contributed by atoms with Crippen LogP contribution in [0, 0.1) is 5.92 Å². The number of aryl methyl sites for hydroxylation is 1. The number of carboxylic acid groups (broad SMARTS) is 1. The highest BCUT2D eigenvalue weighted by Crippen LogP contribution is 2.32. The minimum atomic E-state index is -0.802. The molecule has 1 fully saturated rings. The second-order valence-corrected chi connectivity index (χ2v) is 7.00. The van der Waals surface area contributed by atoms with Gasteiger partial charge in [-0.15, -0.1) is 0 Å². The number of hydrogen-bond acceptors (Lipinski definition) is 8. The van der Waals surface area contributed by atoms with Gasteiger partial charge in [0.15, 0.2) is 11.5 Å². The van der Waals surface area contributed by atoms with Crippen molar-refractivity contribution in [1.29, 1.82) is 0 Å². The number of hydrogen-bond donors (Lipinski definition) is 4. The molecule has 0 unspecified atom stereocenters. The number of benzene rings is 1. The van der Waals surface area contributed by atoms with Crippen LogP contribution in [0.3, 0.4) is 0 Å². The lowest BCUT2D eigenvalue weighted by molar-refractivity contribution is -0.141. The summed E-state index contributed by atoms with van der Waals surface area (Å²) in [6.45, 7) is -0.262. The minimum Gasteiger partial charge on any atom is -0.483 e. The highest BCUT2D eigenvalue weighted by atomic mass is 16.7. The van der Waals surface area contributed by atoms with Gasteiger partial charge in [0.2, 0.25) is 18.6 Å². The summed E-state index contributed by atoms with van der Waals surface area (Å²) >= 11 is 0. The summed E-state index contributed by atoms with van der Waals surface area (Å²) in [7, 11) is 1.24. The Hall–Kier alpha value is -3.34. The lowest BCUT2D eigenvalue weighted by Gasteiger charge is -2.16. The molecule has 31 heavy (non-hydrogen) atoms. The predicted molar refractivity (Wildman–Crippen MR) is 105 cm³/mol. The molecule has 2 amide bonds. The first-order valence-corrected chi connectivity index (χ1v) is 9.66. The third-order valence-corrected chi connectivity index (χ3v) is 4.96. The monoisotopic (exact) mass is 438 g/mol. The predicted octanol–water partition coefficient (Wildman–Crippen LogP) is -0.406. The lowest BCUT2D eigenvalue weighted by Crippen LogP contribution is -2.40. The van der Waals surface area contributed by atoms with Crippen molar-refractivity contribution < 1.29 is 43.6 Å². The van der Waals surface area contributed by atoms with Gasteiger partial charge in [0.25, 0.3) is 6.47 Å². The summed E-state index contributed by atoms with van der Waals surface area (Å²) in [5.74, 6) is -0.165. The number of fused-ring (bicyclic) bond motifs is 1. The highest BCUT2D eigenvalue weighted by molar-refractivity contribution is 5.84. The molecule has 1 aliphatic carbocycles. The van der Waals surface area contributed by atoms with Gasteiger partial charge >= 0.3 is 5.97 Å². The fourth-order valence-electron chi connectivity index (χ4n) is 3.39. The molecule has 4 N–H and O–H groups in total. The first-order chi connectivity index (χ1) is 14.9. The van der Waals surface area contributed by atoms with E-state index in [1.54, 1.807) is 0 Å². The second-order valence-electron chi connectivity index (χ2n) is 7.00. The number of esters is 1. The van der Waals surface area contributed by atoms with Crippen molar-refractivity contribution >= 4 is 24.3 Å². The van der Waals surface area contributed by atoms with E-state index in [1.165, 1.54) is 7.11 Å². The molecule has 0 aromatic heterocycles. The molecule has 1 aromatic carbocycles. The number of methoxy groups -OCH3 is 1. The van der Waals surface area contributed by atoms with Crippen LogP contribution in [0.2, 0.25) is 0 Å².